The molecule has 0 bridgehead atoms. The van der Waals surface area contributed by atoms with Crippen molar-refractivity contribution in [2.24, 2.45) is 11.7 Å². The molecule has 0 aromatic heterocycles. The summed E-state index contributed by atoms with van der Waals surface area (Å²) in [5, 5.41) is 0. The second-order valence-corrected chi connectivity index (χ2v) is 8.19. The van der Waals surface area contributed by atoms with Crippen molar-refractivity contribution in [2.75, 3.05) is 13.1 Å². The minimum atomic E-state index is 0.239. The highest BCUT2D eigenvalue weighted by molar-refractivity contribution is 5.27. The Hall–Kier alpha value is -0.860. The van der Waals surface area contributed by atoms with Crippen LogP contribution in [-0.2, 0) is 11.8 Å². The van der Waals surface area contributed by atoms with E-state index in [1.807, 2.05) is 0 Å². The summed E-state index contributed by atoms with van der Waals surface area (Å²) in [7, 11) is 0. The maximum Gasteiger partial charge on any atom is 0.0107 e. The molecule has 1 unspecified atom stereocenters. The van der Waals surface area contributed by atoms with Crippen molar-refractivity contribution < 1.29 is 0 Å². The highest BCUT2D eigenvalue weighted by Gasteiger charge is 2.28. The van der Waals surface area contributed by atoms with E-state index >= 15 is 0 Å². The minimum absolute atomic E-state index is 0.239. The van der Waals surface area contributed by atoms with Gasteiger partial charge in [-0.15, -0.1) is 0 Å². The van der Waals surface area contributed by atoms with E-state index in [-0.39, 0.29) is 5.41 Å². The molecule has 124 valence electrons. The standard InChI is InChI=1S/C20H34N2/c1-6-22(14-17-12-19(21)13-17)15(2)11-16-7-9-18(10-8-16)20(3,4)5/h7-10,15,17,19H,6,11-14,21H2,1-5H3. The van der Waals surface area contributed by atoms with Gasteiger partial charge in [-0.3, -0.25) is 0 Å². The molecule has 2 rings (SSSR count). The number of nitrogens with zero attached hydrogens (tertiary/aromatic N) is 1. The van der Waals surface area contributed by atoms with Gasteiger partial charge in [-0.2, -0.15) is 0 Å². The predicted octanol–water partition coefficient (Wildman–Crippen LogP) is 3.97. The van der Waals surface area contributed by atoms with Crippen LogP contribution in [0, 0.1) is 5.92 Å². The van der Waals surface area contributed by atoms with E-state index in [4.69, 9.17) is 5.73 Å². The molecule has 0 radical (unpaired) electrons. The number of likely N-dealkylation sites (N-methyl/N-ethyl adjacent to an activating group) is 1. The molecule has 0 saturated heterocycles. The fourth-order valence-corrected chi connectivity index (χ4v) is 3.50. The quantitative estimate of drug-likeness (QED) is 0.861. The van der Waals surface area contributed by atoms with Crippen molar-refractivity contribution >= 4 is 0 Å². The van der Waals surface area contributed by atoms with Gasteiger partial charge in [0.15, 0.2) is 0 Å². The lowest BCUT2D eigenvalue weighted by Crippen LogP contribution is -2.45. The van der Waals surface area contributed by atoms with Gasteiger partial charge in [-0.05, 0) is 55.2 Å². The van der Waals surface area contributed by atoms with Gasteiger partial charge in [0.25, 0.3) is 0 Å². The minimum Gasteiger partial charge on any atom is -0.328 e. The SMILES string of the molecule is CCN(CC1CC(N)C1)C(C)Cc1ccc(C(C)(C)C)cc1. The molecule has 1 atom stereocenters. The Morgan fingerprint density at radius 2 is 1.77 bits per heavy atom. The normalized spacial score (nSPS) is 23.4. The van der Waals surface area contributed by atoms with Gasteiger partial charge in [0.2, 0.25) is 0 Å². The van der Waals surface area contributed by atoms with Crippen molar-refractivity contribution in [2.45, 2.75) is 71.4 Å². The summed E-state index contributed by atoms with van der Waals surface area (Å²) >= 11 is 0. The average molecular weight is 303 g/mol. The monoisotopic (exact) mass is 302 g/mol. The van der Waals surface area contributed by atoms with E-state index in [9.17, 15) is 0 Å². The fraction of sp³-hybridized carbons (Fsp3) is 0.700. The smallest absolute Gasteiger partial charge is 0.0107 e. The van der Waals surface area contributed by atoms with Crippen molar-refractivity contribution in [3.05, 3.63) is 35.4 Å². The van der Waals surface area contributed by atoms with E-state index in [1.165, 1.54) is 30.5 Å². The van der Waals surface area contributed by atoms with Gasteiger partial charge in [0.1, 0.15) is 0 Å². The summed E-state index contributed by atoms with van der Waals surface area (Å²) in [6, 6.07) is 10.3. The molecular formula is C20H34N2. The fourth-order valence-electron chi connectivity index (χ4n) is 3.50. The molecule has 22 heavy (non-hydrogen) atoms. The molecular weight excluding hydrogens is 268 g/mol. The Labute approximate surface area is 137 Å². The molecule has 2 nitrogen and oxygen atoms in total. The maximum atomic E-state index is 5.92. The van der Waals surface area contributed by atoms with Crippen LogP contribution in [0.5, 0.6) is 0 Å². The first kappa shape index (κ1) is 17.5. The molecule has 0 heterocycles. The average Bonchev–Trinajstić information content (AvgIpc) is 2.41. The summed E-state index contributed by atoms with van der Waals surface area (Å²) in [6.45, 7) is 13.8. The van der Waals surface area contributed by atoms with E-state index < -0.39 is 0 Å². The van der Waals surface area contributed by atoms with Crippen LogP contribution >= 0.6 is 0 Å². The van der Waals surface area contributed by atoms with Crippen LogP contribution in [0.15, 0.2) is 24.3 Å². The number of hydrogen-bond donors (Lipinski definition) is 1. The molecule has 1 aliphatic carbocycles. The highest BCUT2D eigenvalue weighted by Crippen LogP contribution is 2.27. The largest absolute Gasteiger partial charge is 0.328 e. The van der Waals surface area contributed by atoms with Gasteiger partial charge in [0, 0.05) is 18.6 Å². The van der Waals surface area contributed by atoms with Crippen LogP contribution in [0.1, 0.15) is 58.6 Å². The Morgan fingerprint density at radius 1 is 1.18 bits per heavy atom. The second kappa shape index (κ2) is 7.14. The van der Waals surface area contributed by atoms with Crippen molar-refractivity contribution in [3.8, 4) is 0 Å². The van der Waals surface area contributed by atoms with Crippen LogP contribution in [0.4, 0.5) is 0 Å². The second-order valence-electron chi connectivity index (χ2n) is 8.19. The summed E-state index contributed by atoms with van der Waals surface area (Å²) in [4.78, 5) is 2.62. The first-order valence-electron chi connectivity index (χ1n) is 8.88. The molecule has 1 aromatic rings. The zero-order valence-corrected chi connectivity index (χ0v) is 15.1. The molecule has 0 spiro atoms. The van der Waals surface area contributed by atoms with E-state index in [0.717, 1.165) is 18.9 Å². The molecule has 1 aliphatic rings. The molecule has 1 saturated carbocycles. The number of nitrogens with two attached hydrogens (primary N) is 1. The Kier molecular flexibility index (Phi) is 5.68. The maximum absolute atomic E-state index is 5.92. The molecule has 1 fully saturated rings. The summed E-state index contributed by atoms with van der Waals surface area (Å²) in [5.41, 5.74) is 9.02. The topological polar surface area (TPSA) is 29.3 Å². The molecule has 2 N–H and O–H groups in total. The Morgan fingerprint density at radius 3 is 2.23 bits per heavy atom. The molecule has 1 aromatic carbocycles. The Balaban J connectivity index is 1.90. The lowest BCUT2D eigenvalue weighted by molar-refractivity contribution is 0.132. The Bertz CT molecular complexity index is 452. The van der Waals surface area contributed by atoms with Crippen LogP contribution in [0.3, 0.4) is 0 Å². The van der Waals surface area contributed by atoms with Crippen LogP contribution < -0.4 is 5.73 Å². The third-order valence-corrected chi connectivity index (χ3v) is 5.15. The van der Waals surface area contributed by atoms with Crippen molar-refractivity contribution in [3.63, 3.8) is 0 Å². The third-order valence-electron chi connectivity index (χ3n) is 5.15. The summed E-state index contributed by atoms with van der Waals surface area (Å²) < 4.78 is 0. The number of rotatable bonds is 6. The van der Waals surface area contributed by atoms with E-state index in [1.54, 1.807) is 0 Å². The van der Waals surface area contributed by atoms with Crippen molar-refractivity contribution in [1.29, 1.82) is 0 Å². The summed E-state index contributed by atoms with van der Waals surface area (Å²) in [6.07, 6.45) is 3.56. The number of hydrogen-bond acceptors (Lipinski definition) is 2. The van der Waals surface area contributed by atoms with Gasteiger partial charge in [-0.25, -0.2) is 0 Å². The summed E-state index contributed by atoms with van der Waals surface area (Å²) in [5.74, 6) is 0.820. The molecule has 2 heteroatoms. The van der Waals surface area contributed by atoms with Crippen molar-refractivity contribution in [1.82, 2.24) is 4.90 Å². The van der Waals surface area contributed by atoms with Gasteiger partial charge in [0.05, 0.1) is 0 Å². The molecule has 0 amide bonds. The number of benzene rings is 1. The first-order chi connectivity index (χ1) is 10.3. The van der Waals surface area contributed by atoms with Gasteiger partial charge < -0.3 is 10.6 Å². The third kappa shape index (κ3) is 4.57. The van der Waals surface area contributed by atoms with Crippen LogP contribution in [0.25, 0.3) is 0 Å². The van der Waals surface area contributed by atoms with Gasteiger partial charge in [-0.1, -0.05) is 52.0 Å². The van der Waals surface area contributed by atoms with Crippen LogP contribution in [-0.4, -0.2) is 30.1 Å². The zero-order chi connectivity index (χ0) is 16.3. The predicted molar refractivity (Wildman–Crippen MR) is 96.3 cm³/mol. The van der Waals surface area contributed by atoms with Gasteiger partial charge >= 0.3 is 0 Å². The first-order valence-corrected chi connectivity index (χ1v) is 8.88. The van der Waals surface area contributed by atoms with E-state index in [0.29, 0.717) is 12.1 Å². The lowest BCUT2D eigenvalue weighted by atomic mass is 9.80. The highest BCUT2D eigenvalue weighted by atomic mass is 15.1. The van der Waals surface area contributed by atoms with E-state index in [2.05, 4.69) is 63.8 Å². The molecule has 0 aliphatic heterocycles. The van der Waals surface area contributed by atoms with Crippen LogP contribution in [0.2, 0.25) is 0 Å². The lowest BCUT2D eigenvalue weighted by Gasteiger charge is -2.38. The zero-order valence-electron chi connectivity index (χ0n) is 15.1.